The number of benzene rings is 2. The van der Waals surface area contributed by atoms with E-state index in [9.17, 15) is 4.79 Å². The summed E-state index contributed by atoms with van der Waals surface area (Å²) in [5, 5.41) is 3.39. The Bertz CT molecular complexity index is 593. The first kappa shape index (κ1) is 17.2. The normalized spacial score (nSPS) is 11.9. The highest BCUT2D eigenvalue weighted by molar-refractivity contribution is 6.08. The van der Waals surface area contributed by atoms with Gasteiger partial charge in [-0.15, -0.1) is 0 Å². The van der Waals surface area contributed by atoms with E-state index in [2.05, 4.69) is 19.2 Å². The van der Waals surface area contributed by atoms with Crippen LogP contribution in [0.4, 0.5) is 0 Å². The first-order valence-electron chi connectivity index (χ1n) is 8.34. The molecule has 0 heterocycles. The first-order valence-corrected chi connectivity index (χ1v) is 8.34. The van der Waals surface area contributed by atoms with Gasteiger partial charge >= 0.3 is 0 Å². The van der Waals surface area contributed by atoms with Crippen molar-refractivity contribution in [3.63, 3.8) is 0 Å². The number of unbranched alkanes of at least 4 members (excludes halogenated alkanes) is 1. The van der Waals surface area contributed by atoms with Gasteiger partial charge in [0.1, 0.15) is 12.0 Å². The molecule has 0 aliphatic carbocycles. The minimum absolute atomic E-state index is 0.0113. The Morgan fingerprint density at radius 3 is 2.26 bits per heavy atom. The van der Waals surface area contributed by atoms with Crippen molar-refractivity contribution in [1.29, 1.82) is 0 Å². The lowest BCUT2D eigenvalue weighted by Gasteiger charge is -2.19. The van der Waals surface area contributed by atoms with Gasteiger partial charge in [0.15, 0.2) is 5.78 Å². The summed E-state index contributed by atoms with van der Waals surface area (Å²) >= 11 is 0. The van der Waals surface area contributed by atoms with Crippen LogP contribution in [-0.2, 0) is 0 Å². The summed E-state index contributed by atoms with van der Waals surface area (Å²) in [5.74, 6) is 0.815. The molecule has 0 aliphatic rings. The lowest BCUT2D eigenvalue weighted by Crippen LogP contribution is -2.34. The highest BCUT2D eigenvalue weighted by Gasteiger charge is 2.10. The van der Waals surface area contributed by atoms with Gasteiger partial charge in [-0.2, -0.15) is 0 Å². The molecule has 0 aliphatic heterocycles. The van der Waals surface area contributed by atoms with Gasteiger partial charge in [0.05, 0.1) is 0 Å². The second kappa shape index (κ2) is 9.11. The molecule has 0 radical (unpaired) electrons. The Morgan fingerprint density at radius 1 is 1.00 bits per heavy atom. The molecule has 0 aromatic heterocycles. The van der Waals surface area contributed by atoms with Gasteiger partial charge in [0, 0.05) is 11.1 Å². The molecular formula is C20H25NO2. The summed E-state index contributed by atoms with van der Waals surface area (Å²) < 4.78 is 5.93. The molecule has 0 bridgehead atoms. The average Bonchev–Trinajstić information content (AvgIpc) is 2.61. The summed E-state index contributed by atoms with van der Waals surface area (Å²) in [6.07, 6.45) is 3.22. The maximum atomic E-state index is 12.4. The second-order valence-corrected chi connectivity index (χ2v) is 5.54. The van der Waals surface area contributed by atoms with Crippen molar-refractivity contribution < 1.29 is 9.53 Å². The molecule has 1 N–H and O–H groups in total. The maximum absolute atomic E-state index is 12.4. The quantitative estimate of drug-likeness (QED) is 0.423. The lowest BCUT2D eigenvalue weighted by molar-refractivity contribution is 0.103. The van der Waals surface area contributed by atoms with Crippen LogP contribution in [0.25, 0.3) is 0 Å². The topological polar surface area (TPSA) is 38.3 Å². The van der Waals surface area contributed by atoms with Crippen LogP contribution in [-0.4, -0.2) is 18.6 Å². The number of nitrogens with one attached hydrogen (secondary N) is 1. The zero-order valence-electron chi connectivity index (χ0n) is 13.9. The molecule has 0 amide bonds. The molecule has 2 aromatic rings. The van der Waals surface area contributed by atoms with Crippen LogP contribution in [0.15, 0.2) is 54.6 Å². The molecule has 0 fully saturated rings. The number of hydrogen-bond donors (Lipinski definition) is 1. The number of carbonyl (C=O) groups excluding carboxylic acids is 1. The minimum atomic E-state index is 0.0113. The van der Waals surface area contributed by atoms with Gasteiger partial charge in [-0.05, 0) is 43.7 Å². The summed E-state index contributed by atoms with van der Waals surface area (Å²) in [6, 6.07) is 16.7. The average molecular weight is 311 g/mol. The van der Waals surface area contributed by atoms with E-state index in [0.29, 0.717) is 11.1 Å². The third-order valence-electron chi connectivity index (χ3n) is 3.70. The highest BCUT2D eigenvalue weighted by atomic mass is 16.5. The maximum Gasteiger partial charge on any atom is 0.193 e. The van der Waals surface area contributed by atoms with Crippen molar-refractivity contribution in [3.05, 3.63) is 65.7 Å². The third-order valence-corrected chi connectivity index (χ3v) is 3.70. The van der Waals surface area contributed by atoms with Gasteiger partial charge < -0.3 is 4.74 Å². The predicted octanol–water partition coefficient (Wildman–Crippen LogP) is 4.42. The number of hydrogen-bond acceptors (Lipinski definition) is 3. The van der Waals surface area contributed by atoms with E-state index in [1.54, 1.807) is 0 Å². The predicted molar refractivity (Wildman–Crippen MR) is 93.9 cm³/mol. The van der Waals surface area contributed by atoms with Crippen LogP contribution < -0.4 is 10.1 Å². The smallest absolute Gasteiger partial charge is 0.193 e. The first-order chi connectivity index (χ1) is 11.2. The van der Waals surface area contributed by atoms with Gasteiger partial charge in [-0.1, -0.05) is 50.6 Å². The number of ketones is 1. The van der Waals surface area contributed by atoms with E-state index in [1.807, 2.05) is 54.6 Å². The zero-order chi connectivity index (χ0) is 16.5. The Labute approximate surface area is 138 Å². The standard InChI is InChI=1S/C20H25NO2/c1-3-5-15-21-19(4-2)23-18-13-11-17(12-14-18)20(22)16-9-7-6-8-10-16/h6-14,19,21H,3-5,15H2,1-2H3. The van der Waals surface area contributed by atoms with Crippen LogP contribution >= 0.6 is 0 Å². The molecule has 0 spiro atoms. The van der Waals surface area contributed by atoms with Gasteiger partial charge in [0.2, 0.25) is 0 Å². The second-order valence-electron chi connectivity index (χ2n) is 5.54. The molecule has 1 atom stereocenters. The zero-order valence-corrected chi connectivity index (χ0v) is 13.9. The van der Waals surface area contributed by atoms with E-state index in [1.165, 1.54) is 6.42 Å². The Kier molecular flexibility index (Phi) is 6.82. The fourth-order valence-corrected chi connectivity index (χ4v) is 2.31. The molecule has 3 nitrogen and oxygen atoms in total. The fourth-order valence-electron chi connectivity index (χ4n) is 2.31. The van der Waals surface area contributed by atoms with Gasteiger partial charge in [-0.3, -0.25) is 10.1 Å². The molecular weight excluding hydrogens is 286 g/mol. The van der Waals surface area contributed by atoms with Crippen molar-refractivity contribution in [1.82, 2.24) is 5.32 Å². The third kappa shape index (κ3) is 5.22. The van der Waals surface area contributed by atoms with Crippen LogP contribution in [0.1, 0.15) is 49.0 Å². The molecule has 0 saturated carbocycles. The van der Waals surface area contributed by atoms with Crippen molar-refractivity contribution in [2.45, 2.75) is 39.3 Å². The van der Waals surface area contributed by atoms with Crippen LogP contribution in [0, 0.1) is 0 Å². The van der Waals surface area contributed by atoms with Crippen LogP contribution in [0.5, 0.6) is 5.75 Å². The Hall–Kier alpha value is -2.13. The summed E-state index contributed by atoms with van der Waals surface area (Å²) in [6.45, 7) is 5.22. The molecule has 2 rings (SSSR count). The molecule has 0 saturated heterocycles. The molecule has 23 heavy (non-hydrogen) atoms. The fraction of sp³-hybridized carbons (Fsp3) is 0.350. The SMILES string of the molecule is CCCCNC(CC)Oc1ccc(C(=O)c2ccccc2)cc1. The van der Waals surface area contributed by atoms with Crippen molar-refractivity contribution in [3.8, 4) is 5.75 Å². The molecule has 3 heteroatoms. The van der Waals surface area contributed by atoms with E-state index in [0.717, 1.165) is 25.1 Å². The van der Waals surface area contributed by atoms with E-state index in [-0.39, 0.29) is 12.0 Å². The largest absolute Gasteiger partial charge is 0.475 e. The summed E-state index contributed by atoms with van der Waals surface area (Å²) in [5.41, 5.74) is 1.38. The number of carbonyl (C=O) groups is 1. The van der Waals surface area contributed by atoms with Crippen molar-refractivity contribution in [2.75, 3.05) is 6.54 Å². The Balaban J connectivity index is 1.97. The summed E-state index contributed by atoms with van der Waals surface area (Å²) in [7, 11) is 0. The minimum Gasteiger partial charge on any atom is -0.475 e. The lowest BCUT2D eigenvalue weighted by atomic mass is 10.0. The number of ether oxygens (including phenoxy) is 1. The highest BCUT2D eigenvalue weighted by Crippen LogP contribution is 2.17. The Morgan fingerprint density at radius 2 is 1.65 bits per heavy atom. The van der Waals surface area contributed by atoms with E-state index >= 15 is 0 Å². The number of rotatable bonds is 9. The monoisotopic (exact) mass is 311 g/mol. The van der Waals surface area contributed by atoms with E-state index in [4.69, 9.17) is 4.74 Å². The van der Waals surface area contributed by atoms with Crippen LogP contribution in [0.3, 0.4) is 0 Å². The van der Waals surface area contributed by atoms with Gasteiger partial charge in [-0.25, -0.2) is 0 Å². The van der Waals surface area contributed by atoms with Crippen LogP contribution in [0.2, 0.25) is 0 Å². The molecule has 2 aromatic carbocycles. The van der Waals surface area contributed by atoms with Crippen molar-refractivity contribution in [2.24, 2.45) is 0 Å². The molecule has 122 valence electrons. The van der Waals surface area contributed by atoms with Crippen molar-refractivity contribution >= 4 is 5.78 Å². The molecule has 1 unspecified atom stereocenters. The van der Waals surface area contributed by atoms with Gasteiger partial charge in [0.25, 0.3) is 0 Å². The van der Waals surface area contributed by atoms with E-state index < -0.39 is 0 Å². The summed E-state index contributed by atoms with van der Waals surface area (Å²) in [4.78, 5) is 12.4.